The summed E-state index contributed by atoms with van der Waals surface area (Å²) in [6.45, 7) is 8.88. The lowest BCUT2D eigenvalue weighted by Gasteiger charge is -2.16. The number of hydrogen-bond acceptors (Lipinski definition) is 6. The van der Waals surface area contributed by atoms with Gasteiger partial charge < -0.3 is 14.8 Å². The topological polar surface area (TPSA) is 72.5 Å². The first kappa shape index (κ1) is 27.4. The molecule has 3 rings (SSSR count). The molecule has 0 unspecified atom stereocenters. The summed E-state index contributed by atoms with van der Waals surface area (Å²) in [4.78, 5) is 17.1. The Morgan fingerprint density at radius 1 is 1.18 bits per heavy atom. The number of amides is 1. The minimum Gasteiger partial charge on any atom is -0.495 e. The molecule has 0 saturated heterocycles. The van der Waals surface area contributed by atoms with Crippen LogP contribution in [0.2, 0.25) is 5.02 Å². The fraction of sp³-hybridized carbons (Fsp3) is 0.304. The van der Waals surface area contributed by atoms with Crippen LogP contribution in [0.1, 0.15) is 35.3 Å². The third-order valence-corrected chi connectivity index (χ3v) is 5.56. The molecule has 1 aromatic heterocycles. The van der Waals surface area contributed by atoms with E-state index in [1.54, 1.807) is 13.2 Å². The standard InChI is InChI=1S/C21H19ClF3N3O3S.C2H6/c1-11(26-6-7-30-2)14-9-13(22)10-15(18(14)31-3)19(29)28-20-27-16-5-4-12(21(23,24)25)8-17(16)32-20;1-2/h4-5,8-10,26H,1,6-7H2,2-3H3,(H,27,28,29);1-2H3. The smallest absolute Gasteiger partial charge is 0.416 e. The van der Waals surface area contributed by atoms with Gasteiger partial charge in [0.1, 0.15) is 5.75 Å². The Labute approximate surface area is 204 Å². The quantitative estimate of drug-likeness (QED) is 0.337. The first-order chi connectivity index (χ1) is 16.1. The van der Waals surface area contributed by atoms with Crippen LogP contribution in [0, 0.1) is 0 Å². The highest BCUT2D eigenvalue weighted by molar-refractivity contribution is 7.22. The van der Waals surface area contributed by atoms with Crippen molar-refractivity contribution >= 4 is 49.9 Å². The van der Waals surface area contributed by atoms with E-state index >= 15 is 0 Å². The van der Waals surface area contributed by atoms with E-state index in [0.29, 0.717) is 34.6 Å². The molecule has 0 atom stereocenters. The van der Waals surface area contributed by atoms with E-state index in [1.807, 2.05) is 13.8 Å². The van der Waals surface area contributed by atoms with Crippen LogP contribution in [0.25, 0.3) is 15.9 Å². The van der Waals surface area contributed by atoms with Crippen LogP contribution in [0.5, 0.6) is 5.75 Å². The van der Waals surface area contributed by atoms with Crippen LogP contribution in [0.3, 0.4) is 0 Å². The van der Waals surface area contributed by atoms with Crippen LogP contribution in [0.15, 0.2) is 36.9 Å². The number of alkyl halides is 3. The number of rotatable bonds is 8. The molecule has 1 amide bonds. The molecule has 0 fully saturated rings. The summed E-state index contributed by atoms with van der Waals surface area (Å²) >= 11 is 7.14. The molecular weight excluding hydrogens is 491 g/mol. The van der Waals surface area contributed by atoms with E-state index in [2.05, 4.69) is 22.2 Å². The Morgan fingerprint density at radius 3 is 2.47 bits per heavy atom. The maximum Gasteiger partial charge on any atom is 0.416 e. The number of carbonyl (C=O) groups is 1. The number of hydrogen-bond donors (Lipinski definition) is 2. The van der Waals surface area contributed by atoms with Crippen molar-refractivity contribution in [3.8, 4) is 5.75 Å². The minimum absolute atomic E-state index is 0.125. The van der Waals surface area contributed by atoms with Crippen LogP contribution in [-0.2, 0) is 10.9 Å². The van der Waals surface area contributed by atoms with Gasteiger partial charge in [0, 0.05) is 29.9 Å². The highest BCUT2D eigenvalue weighted by atomic mass is 35.5. The van der Waals surface area contributed by atoms with Gasteiger partial charge in [0.05, 0.1) is 35.1 Å². The zero-order valence-corrected chi connectivity index (χ0v) is 20.7. The minimum atomic E-state index is -4.47. The third-order valence-electron chi connectivity index (χ3n) is 4.41. The highest BCUT2D eigenvalue weighted by Gasteiger charge is 2.31. The van der Waals surface area contributed by atoms with Gasteiger partial charge in [-0.1, -0.05) is 43.4 Å². The van der Waals surface area contributed by atoms with Crippen molar-refractivity contribution in [2.24, 2.45) is 0 Å². The van der Waals surface area contributed by atoms with Crippen molar-refractivity contribution < 1.29 is 27.4 Å². The molecule has 2 aromatic carbocycles. The number of carbonyl (C=O) groups excluding carboxylic acids is 1. The lowest BCUT2D eigenvalue weighted by Crippen LogP contribution is -2.19. The Hall–Kier alpha value is -2.82. The van der Waals surface area contributed by atoms with Crippen molar-refractivity contribution in [2.75, 3.05) is 32.7 Å². The van der Waals surface area contributed by atoms with Gasteiger partial charge in [-0.2, -0.15) is 13.2 Å². The predicted molar refractivity (Wildman–Crippen MR) is 131 cm³/mol. The summed E-state index contributed by atoms with van der Waals surface area (Å²) in [5, 5.41) is 6.09. The zero-order valence-electron chi connectivity index (χ0n) is 19.1. The Kier molecular flexibility index (Phi) is 9.72. The lowest BCUT2D eigenvalue weighted by atomic mass is 10.1. The molecule has 0 aliphatic carbocycles. The molecule has 0 saturated carbocycles. The maximum absolute atomic E-state index is 13.0. The van der Waals surface area contributed by atoms with E-state index in [4.69, 9.17) is 21.1 Å². The molecule has 0 radical (unpaired) electrons. The Bertz CT molecular complexity index is 1170. The van der Waals surface area contributed by atoms with Crippen LogP contribution >= 0.6 is 22.9 Å². The monoisotopic (exact) mass is 515 g/mol. The number of ether oxygens (including phenoxy) is 2. The van der Waals surface area contributed by atoms with Crippen molar-refractivity contribution in [3.63, 3.8) is 0 Å². The van der Waals surface area contributed by atoms with Gasteiger partial charge in [-0.15, -0.1) is 0 Å². The molecule has 0 bridgehead atoms. The van der Waals surface area contributed by atoms with Crippen molar-refractivity contribution in [3.05, 3.63) is 58.6 Å². The lowest BCUT2D eigenvalue weighted by molar-refractivity contribution is -0.137. The molecule has 11 heteroatoms. The van der Waals surface area contributed by atoms with Crippen molar-refractivity contribution in [1.29, 1.82) is 0 Å². The SMILES string of the molecule is C=C(NCCOC)c1cc(Cl)cc(C(=O)Nc2nc3ccc(C(F)(F)F)cc3s2)c1OC.CC. The fourth-order valence-corrected chi connectivity index (χ4v) is 4.04. The molecule has 0 aliphatic rings. The zero-order chi connectivity index (χ0) is 25.5. The molecule has 0 aliphatic heterocycles. The second-order valence-corrected chi connectivity index (χ2v) is 8.05. The van der Waals surface area contributed by atoms with Crippen LogP contribution in [0.4, 0.5) is 18.3 Å². The summed E-state index contributed by atoms with van der Waals surface area (Å²) in [6, 6.07) is 6.24. The Morgan fingerprint density at radius 2 is 1.85 bits per heavy atom. The number of methoxy groups -OCH3 is 2. The first-order valence-corrected chi connectivity index (χ1v) is 11.4. The van der Waals surface area contributed by atoms with Crippen molar-refractivity contribution in [2.45, 2.75) is 20.0 Å². The number of anilines is 1. The van der Waals surface area contributed by atoms with E-state index in [1.165, 1.54) is 19.2 Å². The number of thiazole rings is 1. The van der Waals surface area contributed by atoms with E-state index < -0.39 is 17.6 Å². The molecule has 34 heavy (non-hydrogen) atoms. The Balaban J connectivity index is 0.00000199. The number of nitrogens with one attached hydrogen (secondary N) is 2. The highest BCUT2D eigenvalue weighted by Crippen LogP contribution is 2.36. The van der Waals surface area contributed by atoms with Gasteiger partial charge >= 0.3 is 6.18 Å². The van der Waals surface area contributed by atoms with Crippen molar-refractivity contribution in [1.82, 2.24) is 10.3 Å². The summed E-state index contributed by atoms with van der Waals surface area (Å²) < 4.78 is 49.6. The molecule has 1 heterocycles. The van der Waals surface area contributed by atoms with Gasteiger partial charge in [-0.25, -0.2) is 4.98 Å². The second kappa shape index (κ2) is 12.0. The summed E-state index contributed by atoms with van der Waals surface area (Å²) in [7, 11) is 2.97. The maximum atomic E-state index is 13.0. The predicted octanol–water partition coefficient (Wildman–Crippen LogP) is 6.46. The third kappa shape index (κ3) is 6.62. The average Bonchev–Trinajstić information content (AvgIpc) is 3.20. The summed E-state index contributed by atoms with van der Waals surface area (Å²) in [6.07, 6.45) is -4.47. The molecule has 6 nitrogen and oxygen atoms in total. The average molecular weight is 516 g/mol. The first-order valence-electron chi connectivity index (χ1n) is 10.2. The molecule has 3 aromatic rings. The molecular formula is C23H25ClF3N3O3S. The number of nitrogens with zero attached hydrogens (tertiary/aromatic N) is 1. The second-order valence-electron chi connectivity index (χ2n) is 6.59. The van der Waals surface area contributed by atoms with Gasteiger partial charge in [-0.05, 0) is 30.3 Å². The van der Waals surface area contributed by atoms with E-state index in [0.717, 1.165) is 23.5 Å². The fourth-order valence-electron chi connectivity index (χ4n) is 2.92. The van der Waals surface area contributed by atoms with Crippen LogP contribution < -0.4 is 15.4 Å². The molecule has 184 valence electrons. The van der Waals surface area contributed by atoms with Gasteiger partial charge in [-0.3, -0.25) is 10.1 Å². The number of aromatic nitrogens is 1. The van der Waals surface area contributed by atoms with Gasteiger partial charge in [0.2, 0.25) is 0 Å². The van der Waals surface area contributed by atoms with Crippen LogP contribution in [-0.4, -0.2) is 38.3 Å². The van der Waals surface area contributed by atoms with Gasteiger partial charge in [0.15, 0.2) is 5.13 Å². The number of halogens is 4. The largest absolute Gasteiger partial charge is 0.495 e. The molecule has 2 N–H and O–H groups in total. The summed E-state index contributed by atoms with van der Waals surface area (Å²) in [5.41, 5.74) is 0.648. The summed E-state index contributed by atoms with van der Waals surface area (Å²) in [5.74, 6) is -0.340. The number of benzene rings is 2. The van der Waals surface area contributed by atoms with Gasteiger partial charge in [0.25, 0.3) is 5.91 Å². The normalized spacial score (nSPS) is 10.9. The van der Waals surface area contributed by atoms with E-state index in [9.17, 15) is 18.0 Å². The number of fused-ring (bicyclic) bond motifs is 1. The molecule has 0 spiro atoms. The van der Waals surface area contributed by atoms with E-state index in [-0.39, 0.29) is 21.5 Å².